The Balaban J connectivity index is 1.44. The predicted octanol–water partition coefficient (Wildman–Crippen LogP) is 6.49. The van der Waals surface area contributed by atoms with Gasteiger partial charge in [0.05, 0.1) is 11.6 Å². The van der Waals surface area contributed by atoms with Crippen LogP contribution in [0.4, 0.5) is 5.69 Å². The number of ether oxygens (including phenoxy) is 1. The molecule has 38 heavy (non-hydrogen) atoms. The highest BCUT2D eigenvalue weighted by Gasteiger charge is 2.28. The van der Waals surface area contributed by atoms with Crippen LogP contribution in [0.15, 0.2) is 115 Å². The fourth-order valence-electron chi connectivity index (χ4n) is 5.03. The molecule has 0 saturated heterocycles. The van der Waals surface area contributed by atoms with Crippen molar-refractivity contribution in [2.75, 3.05) is 11.9 Å². The van der Waals surface area contributed by atoms with Gasteiger partial charge in [-0.1, -0.05) is 91.0 Å². The van der Waals surface area contributed by atoms with Crippen molar-refractivity contribution < 1.29 is 9.53 Å². The van der Waals surface area contributed by atoms with Crippen LogP contribution in [0.1, 0.15) is 27.2 Å². The van der Waals surface area contributed by atoms with E-state index in [0.717, 1.165) is 39.0 Å². The lowest BCUT2D eigenvalue weighted by Crippen LogP contribution is -2.45. The van der Waals surface area contributed by atoms with Gasteiger partial charge in [-0.2, -0.15) is 0 Å². The highest BCUT2D eigenvalue weighted by molar-refractivity contribution is 5.95. The molecule has 5 aromatic rings. The largest absolute Gasteiger partial charge is 0.491 e. The topological polar surface area (TPSA) is 54.5 Å². The molecule has 0 saturated carbocycles. The van der Waals surface area contributed by atoms with E-state index in [1.54, 1.807) is 0 Å². The standard InChI is InChI=1S/C33H29N3O2/c37-33(31-19-18-25-12-4-8-16-30(25)35-31)36-22-27-14-5-7-15-29(27)34-21-26-13-6-9-17-32(26)38-23-28(36)20-24-10-2-1-3-11-24/h1-19,28,34H,20-23H2/t28-/m0/s1. The monoisotopic (exact) mass is 499 g/mol. The molecule has 5 heteroatoms. The molecule has 4 aromatic carbocycles. The Morgan fingerprint density at radius 1 is 0.816 bits per heavy atom. The maximum absolute atomic E-state index is 14.2. The van der Waals surface area contributed by atoms with E-state index in [9.17, 15) is 4.79 Å². The summed E-state index contributed by atoms with van der Waals surface area (Å²) in [5.41, 5.74) is 5.54. The number of anilines is 1. The number of fused-ring (bicyclic) bond motifs is 3. The number of aromatic nitrogens is 1. The minimum Gasteiger partial charge on any atom is -0.491 e. The van der Waals surface area contributed by atoms with Crippen molar-refractivity contribution in [2.24, 2.45) is 0 Å². The predicted molar refractivity (Wildman–Crippen MR) is 151 cm³/mol. The van der Waals surface area contributed by atoms with Crippen LogP contribution in [0, 0.1) is 0 Å². The van der Waals surface area contributed by atoms with Crippen molar-refractivity contribution in [1.29, 1.82) is 0 Å². The van der Waals surface area contributed by atoms with E-state index >= 15 is 0 Å². The summed E-state index contributed by atoms with van der Waals surface area (Å²) in [6.07, 6.45) is 0.665. The van der Waals surface area contributed by atoms with E-state index < -0.39 is 0 Å². The summed E-state index contributed by atoms with van der Waals surface area (Å²) in [5, 5.41) is 4.58. The molecule has 1 aliphatic rings. The van der Waals surface area contributed by atoms with E-state index in [2.05, 4.69) is 35.6 Å². The second kappa shape index (κ2) is 10.8. The molecule has 0 bridgehead atoms. The molecule has 0 fully saturated rings. The van der Waals surface area contributed by atoms with Crippen molar-refractivity contribution >= 4 is 22.5 Å². The lowest BCUT2D eigenvalue weighted by Gasteiger charge is -2.32. The van der Waals surface area contributed by atoms with Crippen molar-refractivity contribution in [2.45, 2.75) is 25.6 Å². The van der Waals surface area contributed by atoms with Gasteiger partial charge in [-0.3, -0.25) is 4.79 Å². The SMILES string of the molecule is O=C(c1ccc2ccccc2n1)N1Cc2ccccc2NCc2ccccc2OC[C@@H]1Cc1ccccc1. The molecule has 1 aliphatic heterocycles. The third kappa shape index (κ3) is 5.09. The molecular weight excluding hydrogens is 470 g/mol. The molecule has 0 unspecified atom stereocenters. The van der Waals surface area contributed by atoms with Crippen LogP contribution >= 0.6 is 0 Å². The van der Waals surface area contributed by atoms with Gasteiger partial charge in [0, 0.05) is 29.7 Å². The fraction of sp³-hybridized carbons (Fsp3) is 0.152. The normalized spacial score (nSPS) is 15.4. The summed E-state index contributed by atoms with van der Waals surface area (Å²) < 4.78 is 6.44. The number of pyridine rings is 1. The quantitative estimate of drug-likeness (QED) is 0.308. The molecular formula is C33H29N3O2. The Kier molecular flexibility index (Phi) is 6.73. The van der Waals surface area contributed by atoms with E-state index in [1.165, 1.54) is 0 Å². The van der Waals surface area contributed by atoms with Crippen molar-refractivity contribution in [1.82, 2.24) is 9.88 Å². The number of benzene rings is 4. The lowest BCUT2D eigenvalue weighted by molar-refractivity contribution is 0.0586. The number of amides is 1. The van der Waals surface area contributed by atoms with Crippen LogP contribution in [0.5, 0.6) is 5.75 Å². The zero-order valence-corrected chi connectivity index (χ0v) is 21.1. The van der Waals surface area contributed by atoms with Gasteiger partial charge in [-0.15, -0.1) is 0 Å². The average molecular weight is 500 g/mol. The van der Waals surface area contributed by atoms with Crippen LogP contribution in [0.25, 0.3) is 10.9 Å². The number of carbonyl (C=O) groups excluding carboxylic acids is 1. The van der Waals surface area contributed by atoms with Gasteiger partial charge < -0.3 is 15.0 Å². The highest BCUT2D eigenvalue weighted by atomic mass is 16.5. The minimum absolute atomic E-state index is 0.109. The minimum atomic E-state index is -0.211. The third-order valence-corrected chi connectivity index (χ3v) is 7.06. The molecule has 5 nitrogen and oxygen atoms in total. The third-order valence-electron chi connectivity index (χ3n) is 7.06. The van der Waals surface area contributed by atoms with Gasteiger partial charge in [-0.25, -0.2) is 4.98 Å². The Morgan fingerprint density at radius 3 is 2.45 bits per heavy atom. The van der Waals surface area contributed by atoms with Gasteiger partial charge in [-0.05, 0) is 41.8 Å². The second-order valence-corrected chi connectivity index (χ2v) is 9.60. The molecule has 1 N–H and O–H groups in total. The van der Waals surface area contributed by atoms with Crippen LogP contribution in [-0.2, 0) is 19.5 Å². The van der Waals surface area contributed by atoms with Crippen LogP contribution in [0.2, 0.25) is 0 Å². The Labute approximate surface area is 222 Å². The summed E-state index contributed by atoms with van der Waals surface area (Å²) in [6, 6.07) is 38.0. The highest BCUT2D eigenvalue weighted by Crippen LogP contribution is 2.27. The summed E-state index contributed by atoms with van der Waals surface area (Å²) in [6.45, 7) is 1.44. The second-order valence-electron chi connectivity index (χ2n) is 9.60. The van der Waals surface area contributed by atoms with Crippen molar-refractivity contribution in [3.05, 3.63) is 138 Å². The molecule has 0 radical (unpaired) electrons. The van der Waals surface area contributed by atoms with Gasteiger partial charge in [0.2, 0.25) is 0 Å². The number of para-hydroxylation sites is 3. The Bertz CT molecular complexity index is 1570. The van der Waals surface area contributed by atoms with Gasteiger partial charge in [0.25, 0.3) is 5.91 Å². The molecule has 6 rings (SSSR count). The average Bonchev–Trinajstić information content (AvgIpc) is 3.00. The van der Waals surface area contributed by atoms with Gasteiger partial charge in [0.1, 0.15) is 18.1 Å². The number of carbonyl (C=O) groups is 1. The molecule has 188 valence electrons. The van der Waals surface area contributed by atoms with Gasteiger partial charge >= 0.3 is 0 Å². The number of nitrogens with zero attached hydrogens (tertiary/aromatic N) is 2. The van der Waals surface area contributed by atoms with E-state index in [1.807, 2.05) is 89.8 Å². The number of rotatable bonds is 3. The van der Waals surface area contributed by atoms with Crippen LogP contribution < -0.4 is 10.1 Å². The maximum Gasteiger partial charge on any atom is 0.273 e. The molecule has 0 spiro atoms. The van der Waals surface area contributed by atoms with E-state index in [-0.39, 0.29) is 11.9 Å². The molecule has 1 atom stereocenters. The first-order valence-electron chi connectivity index (χ1n) is 13.0. The first-order chi connectivity index (χ1) is 18.7. The van der Waals surface area contributed by atoms with Crippen LogP contribution in [0.3, 0.4) is 0 Å². The fourth-order valence-corrected chi connectivity index (χ4v) is 5.03. The molecule has 2 heterocycles. The van der Waals surface area contributed by atoms with Crippen LogP contribution in [-0.4, -0.2) is 28.4 Å². The molecule has 1 aromatic heterocycles. The first kappa shape index (κ1) is 23.7. The summed E-state index contributed by atoms with van der Waals surface area (Å²) in [7, 11) is 0. The van der Waals surface area contributed by atoms with Crippen molar-refractivity contribution in [3.63, 3.8) is 0 Å². The number of hydrogen-bond donors (Lipinski definition) is 1. The zero-order chi connectivity index (χ0) is 25.7. The lowest BCUT2D eigenvalue weighted by atomic mass is 10.0. The summed E-state index contributed by atoms with van der Waals surface area (Å²) >= 11 is 0. The molecule has 0 aliphatic carbocycles. The Hall–Kier alpha value is -4.64. The van der Waals surface area contributed by atoms with E-state index in [0.29, 0.717) is 31.8 Å². The van der Waals surface area contributed by atoms with E-state index in [4.69, 9.17) is 9.72 Å². The maximum atomic E-state index is 14.2. The summed E-state index contributed by atoms with van der Waals surface area (Å²) in [5.74, 6) is 0.719. The van der Waals surface area contributed by atoms with Crippen molar-refractivity contribution in [3.8, 4) is 5.75 Å². The Morgan fingerprint density at radius 2 is 1.55 bits per heavy atom. The summed E-state index contributed by atoms with van der Waals surface area (Å²) in [4.78, 5) is 20.9. The molecule has 1 amide bonds. The smallest absolute Gasteiger partial charge is 0.273 e. The van der Waals surface area contributed by atoms with Gasteiger partial charge in [0.15, 0.2) is 0 Å². The first-order valence-corrected chi connectivity index (χ1v) is 13.0. The number of hydrogen-bond acceptors (Lipinski definition) is 4. The number of nitrogens with one attached hydrogen (secondary N) is 1. The zero-order valence-electron chi connectivity index (χ0n) is 21.1.